The van der Waals surface area contributed by atoms with Gasteiger partial charge in [0.1, 0.15) is 4.90 Å². The maximum absolute atomic E-state index is 12.9. The van der Waals surface area contributed by atoms with Crippen molar-refractivity contribution in [2.45, 2.75) is 11.5 Å². The van der Waals surface area contributed by atoms with Crippen LogP contribution >= 0.6 is 11.6 Å². The van der Waals surface area contributed by atoms with Gasteiger partial charge in [0.05, 0.1) is 23.8 Å². The molecule has 162 valence electrons. The number of hydrogen-bond acceptors (Lipinski definition) is 8. The van der Waals surface area contributed by atoms with Gasteiger partial charge in [0.15, 0.2) is 6.61 Å². The van der Waals surface area contributed by atoms with E-state index in [1.54, 1.807) is 0 Å². The Kier molecular flexibility index (Phi) is 6.33. The number of sulfonamides is 1. The quantitative estimate of drug-likeness (QED) is 0.513. The number of rotatable bonds is 6. The number of hydrogen-bond donors (Lipinski definition) is 0. The van der Waals surface area contributed by atoms with Gasteiger partial charge in [-0.1, -0.05) is 29.8 Å². The number of carbonyl (C=O) groups excluding carboxylic acids is 1. The van der Waals surface area contributed by atoms with E-state index >= 15 is 0 Å². The molecule has 1 aromatic heterocycles. The summed E-state index contributed by atoms with van der Waals surface area (Å²) in [6.45, 7) is 0.775. The molecule has 1 saturated heterocycles. The summed E-state index contributed by atoms with van der Waals surface area (Å²) in [6, 6.07) is 13.1. The number of aromatic nitrogens is 2. The van der Waals surface area contributed by atoms with Gasteiger partial charge in [-0.05, 0) is 30.3 Å². The maximum Gasteiger partial charge on any atom is 0.338 e. The molecule has 0 saturated carbocycles. The van der Waals surface area contributed by atoms with Crippen molar-refractivity contribution in [2.75, 3.05) is 26.3 Å². The predicted molar refractivity (Wildman–Crippen MR) is 110 cm³/mol. The third-order valence-electron chi connectivity index (χ3n) is 4.57. The summed E-state index contributed by atoms with van der Waals surface area (Å²) in [5.74, 6) is -0.325. The van der Waals surface area contributed by atoms with Gasteiger partial charge in [0.25, 0.3) is 5.89 Å². The molecule has 1 aliphatic heterocycles. The van der Waals surface area contributed by atoms with Crippen molar-refractivity contribution in [3.63, 3.8) is 0 Å². The SMILES string of the molecule is O=C(OCc1nnc(-c2ccccc2)o1)c1ccc(Cl)c(S(=O)(=O)N2CCOCC2)c1. The Balaban J connectivity index is 1.47. The maximum atomic E-state index is 12.9. The highest BCUT2D eigenvalue weighted by Crippen LogP contribution is 2.27. The van der Waals surface area contributed by atoms with Gasteiger partial charge < -0.3 is 13.9 Å². The molecule has 0 radical (unpaired) electrons. The van der Waals surface area contributed by atoms with E-state index < -0.39 is 16.0 Å². The monoisotopic (exact) mass is 463 g/mol. The standard InChI is InChI=1S/C20H18ClN3O6S/c21-16-7-6-15(12-17(16)31(26,27)24-8-10-28-11-9-24)20(25)29-13-18-22-23-19(30-18)14-4-2-1-3-5-14/h1-7,12H,8-11,13H2. The first kappa shape index (κ1) is 21.4. The van der Waals surface area contributed by atoms with E-state index in [9.17, 15) is 13.2 Å². The van der Waals surface area contributed by atoms with Gasteiger partial charge >= 0.3 is 5.97 Å². The van der Waals surface area contributed by atoms with Crippen molar-refractivity contribution in [1.82, 2.24) is 14.5 Å². The first-order chi connectivity index (χ1) is 14.9. The molecule has 31 heavy (non-hydrogen) atoms. The number of morpholine rings is 1. The summed E-state index contributed by atoms with van der Waals surface area (Å²) < 4.78 is 43.0. The normalized spacial score (nSPS) is 15.0. The van der Waals surface area contributed by atoms with Gasteiger partial charge in [-0.25, -0.2) is 13.2 Å². The Hall–Kier alpha value is -2.79. The van der Waals surface area contributed by atoms with Gasteiger partial charge in [0, 0.05) is 18.7 Å². The van der Waals surface area contributed by atoms with Gasteiger partial charge in [-0.3, -0.25) is 0 Å². The van der Waals surface area contributed by atoms with Crippen LogP contribution in [0.25, 0.3) is 11.5 Å². The molecule has 4 rings (SSSR count). The molecule has 0 aliphatic carbocycles. The van der Waals surface area contributed by atoms with E-state index in [1.165, 1.54) is 22.5 Å². The molecule has 0 atom stereocenters. The number of nitrogens with zero attached hydrogens (tertiary/aromatic N) is 3. The van der Waals surface area contributed by atoms with Crippen molar-refractivity contribution in [2.24, 2.45) is 0 Å². The zero-order valence-corrected chi connectivity index (χ0v) is 17.8. The number of ether oxygens (including phenoxy) is 2. The van der Waals surface area contributed by atoms with Crippen LogP contribution < -0.4 is 0 Å². The lowest BCUT2D eigenvalue weighted by molar-refractivity contribution is 0.0438. The molecule has 3 aromatic rings. The first-order valence-corrected chi connectivity index (χ1v) is 11.2. The second-order valence-electron chi connectivity index (χ2n) is 6.60. The van der Waals surface area contributed by atoms with Gasteiger partial charge in [-0.15, -0.1) is 10.2 Å². The average molecular weight is 464 g/mol. The Morgan fingerprint density at radius 2 is 1.84 bits per heavy atom. The number of halogens is 1. The molecule has 0 amide bonds. The molecule has 0 N–H and O–H groups in total. The molecule has 0 spiro atoms. The highest BCUT2D eigenvalue weighted by molar-refractivity contribution is 7.89. The molecule has 9 nitrogen and oxygen atoms in total. The molecular weight excluding hydrogens is 446 g/mol. The van der Waals surface area contributed by atoms with Crippen LogP contribution in [0.1, 0.15) is 16.2 Å². The van der Waals surface area contributed by atoms with Crippen LogP contribution in [0.5, 0.6) is 0 Å². The Morgan fingerprint density at radius 3 is 2.58 bits per heavy atom. The molecule has 2 heterocycles. The lowest BCUT2D eigenvalue weighted by Gasteiger charge is -2.26. The van der Waals surface area contributed by atoms with E-state index in [0.29, 0.717) is 19.1 Å². The summed E-state index contributed by atoms with van der Waals surface area (Å²) in [5, 5.41) is 7.81. The fourth-order valence-electron chi connectivity index (χ4n) is 2.97. The van der Waals surface area contributed by atoms with Crippen LogP contribution in [0, 0.1) is 0 Å². The van der Waals surface area contributed by atoms with Crippen molar-refractivity contribution in [3.05, 3.63) is 65.0 Å². The highest BCUT2D eigenvalue weighted by atomic mass is 35.5. The minimum atomic E-state index is -3.87. The predicted octanol–water partition coefficient (Wildman–Crippen LogP) is 2.77. The van der Waals surface area contributed by atoms with E-state index in [0.717, 1.165) is 5.56 Å². The van der Waals surface area contributed by atoms with E-state index in [1.807, 2.05) is 30.3 Å². The molecule has 0 bridgehead atoms. The third kappa shape index (κ3) is 4.77. The fraction of sp³-hybridized carbons (Fsp3) is 0.250. The van der Waals surface area contributed by atoms with Crippen molar-refractivity contribution in [3.8, 4) is 11.5 Å². The zero-order valence-electron chi connectivity index (χ0n) is 16.2. The average Bonchev–Trinajstić information content (AvgIpc) is 3.28. The second-order valence-corrected chi connectivity index (χ2v) is 8.92. The topological polar surface area (TPSA) is 112 Å². The zero-order chi connectivity index (χ0) is 21.8. The summed E-state index contributed by atoms with van der Waals surface area (Å²) in [4.78, 5) is 12.3. The number of carbonyl (C=O) groups is 1. The molecule has 0 unspecified atom stereocenters. The van der Waals surface area contributed by atoms with Crippen LogP contribution in [-0.4, -0.2) is 55.2 Å². The Bertz CT molecular complexity index is 1180. The van der Waals surface area contributed by atoms with Crippen LogP contribution in [0.4, 0.5) is 0 Å². The minimum absolute atomic E-state index is 0.0208. The van der Waals surface area contributed by atoms with Crippen LogP contribution in [0.2, 0.25) is 5.02 Å². The third-order valence-corrected chi connectivity index (χ3v) is 6.95. The first-order valence-electron chi connectivity index (χ1n) is 9.37. The fourth-order valence-corrected chi connectivity index (χ4v) is 4.88. The largest absolute Gasteiger partial charge is 0.452 e. The molecule has 11 heteroatoms. The second kappa shape index (κ2) is 9.15. The number of benzene rings is 2. The van der Waals surface area contributed by atoms with Gasteiger partial charge in [0.2, 0.25) is 15.9 Å². The summed E-state index contributed by atoms with van der Waals surface area (Å²) in [5.41, 5.74) is 0.780. The summed E-state index contributed by atoms with van der Waals surface area (Å²) in [7, 11) is -3.87. The minimum Gasteiger partial charge on any atom is -0.452 e. The van der Waals surface area contributed by atoms with Crippen LogP contribution in [0.15, 0.2) is 57.8 Å². The van der Waals surface area contributed by atoms with E-state index in [-0.39, 0.29) is 41.1 Å². The Morgan fingerprint density at radius 1 is 1.10 bits per heavy atom. The highest BCUT2D eigenvalue weighted by Gasteiger charge is 2.29. The summed E-state index contributed by atoms with van der Waals surface area (Å²) in [6.07, 6.45) is 0. The van der Waals surface area contributed by atoms with Crippen molar-refractivity contribution < 1.29 is 27.1 Å². The van der Waals surface area contributed by atoms with E-state index in [2.05, 4.69) is 10.2 Å². The van der Waals surface area contributed by atoms with Crippen LogP contribution in [0.3, 0.4) is 0 Å². The number of esters is 1. The van der Waals surface area contributed by atoms with Crippen LogP contribution in [-0.2, 0) is 26.1 Å². The van der Waals surface area contributed by atoms with Crippen molar-refractivity contribution in [1.29, 1.82) is 0 Å². The smallest absolute Gasteiger partial charge is 0.338 e. The van der Waals surface area contributed by atoms with Gasteiger partial charge in [-0.2, -0.15) is 4.31 Å². The lowest BCUT2D eigenvalue weighted by Crippen LogP contribution is -2.40. The Labute approximate surface area is 183 Å². The van der Waals surface area contributed by atoms with Crippen molar-refractivity contribution >= 4 is 27.6 Å². The molecule has 2 aromatic carbocycles. The molecule has 1 fully saturated rings. The summed E-state index contributed by atoms with van der Waals surface area (Å²) >= 11 is 6.12. The molecular formula is C20H18ClN3O6S. The van der Waals surface area contributed by atoms with E-state index in [4.69, 9.17) is 25.5 Å². The molecule has 1 aliphatic rings. The lowest BCUT2D eigenvalue weighted by atomic mass is 10.2.